The van der Waals surface area contributed by atoms with Gasteiger partial charge in [-0.2, -0.15) is 9.49 Å². The van der Waals surface area contributed by atoms with Crippen LogP contribution in [-0.2, 0) is 0 Å². The van der Waals surface area contributed by atoms with Gasteiger partial charge in [0.2, 0.25) is 5.95 Å². The average molecular weight is 543 g/mol. The van der Waals surface area contributed by atoms with E-state index in [-0.39, 0.29) is 0 Å². The summed E-state index contributed by atoms with van der Waals surface area (Å²) in [5.41, 5.74) is 6.37. The molecule has 0 aliphatic heterocycles. The maximum absolute atomic E-state index is 14.6. The highest BCUT2D eigenvalue weighted by Crippen LogP contribution is 2.47. The van der Waals surface area contributed by atoms with Crippen LogP contribution >= 0.6 is 11.6 Å². The van der Waals surface area contributed by atoms with E-state index in [0.29, 0.717) is 33.4 Å². The van der Waals surface area contributed by atoms with E-state index in [2.05, 4.69) is 24.9 Å². The molecule has 5 aromatic rings. The fraction of sp³-hybridized carbons (Fsp3) is 0.167. The SMILES string of the molecule is COc1ccc(C(=C(c2ccc(/C=C/c3noc(=O)[nH]3)cc2)c2ccc3n[nH]c(F)c3c2)C2CCC2)c(Cl)c1. The first kappa shape index (κ1) is 24.9. The van der Waals surface area contributed by atoms with Crippen molar-refractivity contribution < 1.29 is 13.7 Å². The Hall–Kier alpha value is -4.43. The quantitative estimate of drug-likeness (QED) is 0.216. The van der Waals surface area contributed by atoms with Crippen molar-refractivity contribution in [2.24, 2.45) is 5.92 Å². The number of rotatable bonds is 7. The molecule has 1 fully saturated rings. The Bertz CT molecular complexity index is 1780. The van der Waals surface area contributed by atoms with Crippen LogP contribution in [0.1, 0.15) is 47.3 Å². The summed E-state index contributed by atoms with van der Waals surface area (Å²) in [6.45, 7) is 0. The van der Waals surface area contributed by atoms with Gasteiger partial charge in [0.15, 0.2) is 5.82 Å². The molecule has 2 aromatic heterocycles. The number of nitrogens with zero attached hydrogens (tertiary/aromatic N) is 2. The topological polar surface area (TPSA) is 96.8 Å². The normalized spacial score (nSPS) is 14.5. The first-order valence-electron chi connectivity index (χ1n) is 12.6. The zero-order valence-corrected chi connectivity index (χ0v) is 21.8. The van der Waals surface area contributed by atoms with Crippen LogP contribution < -0.4 is 10.5 Å². The van der Waals surface area contributed by atoms with Crippen molar-refractivity contribution in [2.75, 3.05) is 7.11 Å². The van der Waals surface area contributed by atoms with Crippen molar-refractivity contribution >= 4 is 45.8 Å². The molecule has 1 aliphatic carbocycles. The van der Waals surface area contributed by atoms with Crippen LogP contribution in [0.5, 0.6) is 5.75 Å². The maximum Gasteiger partial charge on any atom is 0.439 e. The summed E-state index contributed by atoms with van der Waals surface area (Å²) in [7, 11) is 1.62. The average Bonchev–Trinajstić information content (AvgIpc) is 3.51. The Labute approximate surface area is 228 Å². The minimum Gasteiger partial charge on any atom is -0.497 e. The van der Waals surface area contributed by atoms with Gasteiger partial charge in [-0.05, 0) is 88.6 Å². The predicted octanol–water partition coefficient (Wildman–Crippen LogP) is 6.97. The highest BCUT2D eigenvalue weighted by molar-refractivity contribution is 6.33. The minimum atomic E-state index is -0.605. The second-order valence-electron chi connectivity index (χ2n) is 9.47. The van der Waals surface area contributed by atoms with Gasteiger partial charge in [0.1, 0.15) is 5.75 Å². The lowest BCUT2D eigenvalue weighted by Crippen LogP contribution is -2.15. The predicted molar refractivity (Wildman–Crippen MR) is 150 cm³/mol. The Morgan fingerprint density at radius 1 is 1.08 bits per heavy atom. The van der Waals surface area contributed by atoms with Gasteiger partial charge < -0.3 is 4.74 Å². The van der Waals surface area contributed by atoms with Gasteiger partial charge in [0, 0.05) is 0 Å². The molecule has 7 nitrogen and oxygen atoms in total. The Balaban J connectivity index is 1.53. The largest absolute Gasteiger partial charge is 0.497 e. The van der Waals surface area contributed by atoms with E-state index in [0.717, 1.165) is 52.7 Å². The number of fused-ring (bicyclic) bond motifs is 1. The van der Waals surface area contributed by atoms with Crippen molar-refractivity contribution in [2.45, 2.75) is 19.3 Å². The highest BCUT2D eigenvalue weighted by atomic mass is 35.5. The van der Waals surface area contributed by atoms with Gasteiger partial charge >= 0.3 is 5.76 Å². The lowest BCUT2D eigenvalue weighted by molar-refractivity contribution is 0.385. The van der Waals surface area contributed by atoms with Crippen molar-refractivity contribution in [3.63, 3.8) is 0 Å². The summed E-state index contributed by atoms with van der Waals surface area (Å²) in [5, 5.41) is 11.2. The third-order valence-corrected chi connectivity index (χ3v) is 7.45. The van der Waals surface area contributed by atoms with E-state index >= 15 is 0 Å². The highest BCUT2D eigenvalue weighted by Gasteiger charge is 2.29. The number of aromatic nitrogens is 4. The summed E-state index contributed by atoms with van der Waals surface area (Å²) in [4.78, 5) is 13.7. The van der Waals surface area contributed by atoms with Gasteiger partial charge in [-0.25, -0.2) is 4.79 Å². The summed E-state index contributed by atoms with van der Waals surface area (Å²) in [6, 6.07) is 19.4. The number of halogens is 2. The fourth-order valence-electron chi connectivity index (χ4n) is 4.96. The van der Waals surface area contributed by atoms with Gasteiger partial charge in [-0.3, -0.25) is 14.6 Å². The first-order chi connectivity index (χ1) is 19.0. The molecule has 2 heterocycles. The Morgan fingerprint density at radius 3 is 2.54 bits per heavy atom. The van der Waals surface area contributed by atoms with Crippen LogP contribution in [-0.4, -0.2) is 27.4 Å². The van der Waals surface area contributed by atoms with Crippen LogP contribution in [0, 0.1) is 11.9 Å². The van der Waals surface area contributed by atoms with Crippen LogP contribution in [0.4, 0.5) is 4.39 Å². The molecule has 0 spiro atoms. The molecule has 39 heavy (non-hydrogen) atoms. The maximum atomic E-state index is 14.6. The zero-order valence-electron chi connectivity index (χ0n) is 21.0. The summed E-state index contributed by atoms with van der Waals surface area (Å²) < 4.78 is 24.5. The molecule has 9 heteroatoms. The molecule has 1 aliphatic rings. The smallest absolute Gasteiger partial charge is 0.439 e. The molecule has 0 radical (unpaired) electrons. The number of methoxy groups -OCH3 is 1. The van der Waals surface area contributed by atoms with Gasteiger partial charge in [0.05, 0.1) is 23.0 Å². The lowest BCUT2D eigenvalue weighted by Gasteiger charge is -2.32. The zero-order chi connectivity index (χ0) is 26.9. The third kappa shape index (κ3) is 4.91. The third-order valence-electron chi connectivity index (χ3n) is 7.14. The molecule has 0 saturated heterocycles. The van der Waals surface area contributed by atoms with E-state index in [1.807, 2.05) is 66.7 Å². The van der Waals surface area contributed by atoms with Gasteiger partial charge in [-0.15, -0.1) is 0 Å². The fourth-order valence-corrected chi connectivity index (χ4v) is 5.23. The Kier molecular flexibility index (Phi) is 6.62. The molecule has 3 aromatic carbocycles. The standard InChI is InChI=1S/C30H24ClFN4O3/c1-38-21-11-12-22(24(31)16-21)28(18-3-2-4-18)27(20-10-13-25-23(15-20)29(32)35-34-25)19-8-5-17(6-9-19)7-14-26-33-30(37)39-36-26/h5-16,18H,2-4H2,1H3,(H,34,35)(H,33,36,37)/b14-7+,28-27?. The number of ether oxygens (including phenoxy) is 1. The van der Waals surface area contributed by atoms with E-state index in [4.69, 9.17) is 16.3 Å². The lowest BCUT2D eigenvalue weighted by atomic mass is 9.73. The molecular weight excluding hydrogens is 519 g/mol. The first-order valence-corrected chi connectivity index (χ1v) is 12.9. The Morgan fingerprint density at radius 2 is 1.87 bits per heavy atom. The van der Waals surface area contributed by atoms with Crippen LogP contribution in [0.3, 0.4) is 0 Å². The summed E-state index contributed by atoms with van der Waals surface area (Å²) in [5.74, 6) is 0.252. The number of aromatic amines is 2. The minimum absolute atomic E-state index is 0.305. The molecule has 196 valence electrons. The second kappa shape index (κ2) is 10.4. The van der Waals surface area contributed by atoms with Gasteiger partial charge in [0.25, 0.3) is 0 Å². The molecule has 6 rings (SSSR count). The number of H-pyrrole nitrogens is 2. The number of allylic oxidation sites excluding steroid dienone is 1. The summed E-state index contributed by atoms with van der Waals surface area (Å²) in [6.07, 6.45) is 6.73. The molecular formula is C30H24ClFN4O3. The van der Waals surface area contributed by atoms with E-state index in [9.17, 15) is 9.18 Å². The van der Waals surface area contributed by atoms with Crippen molar-refractivity contribution in [1.29, 1.82) is 0 Å². The number of hydrogen-bond donors (Lipinski definition) is 2. The van der Waals surface area contributed by atoms with Crippen molar-refractivity contribution in [3.05, 3.63) is 110 Å². The summed E-state index contributed by atoms with van der Waals surface area (Å²) >= 11 is 6.84. The van der Waals surface area contributed by atoms with E-state index in [1.165, 1.54) is 0 Å². The number of benzene rings is 3. The van der Waals surface area contributed by atoms with E-state index < -0.39 is 11.7 Å². The van der Waals surface area contributed by atoms with Crippen molar-refractivity contribution in [3.8, 4) is 5.75 Å². The molecule has 1 saturated carbocycles. The van der Waals surface area contributed by atoms with Crippen LogP contribution in [0.2, 0.25) is 5.02 Å². The molecule has 0 unspecified atom stereocenters. The molecule has 2 N–H and O–H groups in total. The number of hydrogen-bond acceptors (Lipinski definition) is 5. The van der Waals surface area contributed by atoms with Crippen molar-refractivity contribution in [1.82, 2.24) is 20.3 Å². The monoisotopic (exact) mass is 542 g/mol. The molecule has 0 bridgehead atoms. The second-order valence-corrected chi connectivity index (χ2v) is 9.87. The van der Waals surface area contributed by atoms with Gasteiger partial charge in [-0.1, -0.05) is 59.6 Å². The van der Waals surface area contributed by atoms with Crippen LogP contribution in [0.25, 0.3) is 34.2 Å². The molecule has 0 amide bonds. The molecule has 0 atom stereocenters. The van der Waals surface area contributed by atoms with Crippen LogP contribution in [0.15, 0.2) is 70.0 Å². The van der Waals surface area contributed by atoms with E-state index in [1.54, 1.807) is 13.2 Å². The number of nitrogens with one attached hydrogen (secondary N) is 2.